The van der Waals surface area contributed by atoms with Crippen LogP contribution in [-0.2, 0) is 0 Å². The first-order valence-corrected chi connectivity index (χ1v) is 5.26. The molecule has 80 valence electrons. The molecule has 0 saturated carbocycles. The van der Waals surface area contributed by atoms with E-state index in [2.05, 4.69) is 4.98 Å². The van der Waals surface area contributed by atoms with E-state index in [1.807, 2.05) is 40.7 Å². The van der Waals surface area contributed by atoms with Crippen molar-refractivity contribution >= 4 is 11.6 Å². The summed E-state index contributed by atoms with van der Waals surface area (Å²) in [7, 11) is 0. The molecular formula is C11H18ClNO. The summed E-state index contributed by atoms with van der Waals surface area (Å²) >= 11 is 5.74. The highest BCUT2D eigenvalue weighted by molar-refractivity contribution is 6.30. The van der Waals surface area contributed by atoms with E-state index in [1.165, 1.54) is 0 Å². The maximum Gasteiger partial charge on any atom is 0.216 e. The van der Waals surface area contributed by atoms with Gasteiger partial charge in [-0.25, -0.2) is 4.98 Å². The Morgan fingerprint density at radius 2 is 1.93 bits per heavy atom. The second kappa shape index (κ2) is 6.66. The van der Waals surface area contributed by atoms with Crippen molar-refractivity contribution in [2.45, 2.75) is 40.7 Å². The van der Waals surface area contributed by atoms with Gasteiger partial charge in [0.1, 0.15) is 0 Å². The maximum atomic E-state index is 5.74. The molecule has 14 heavy (non-hydrogen) atoms. The highest BCUT2D eigenvalue weighted by Crippen LogP contribution is 2.18. The first-order valence-electron chi connectivity index (χ1n) is 4.88. The fourth-order valence-corrected chi connectivity index (χ4v) is 1.09. The van der Waals surface area contributed by atoms with Gasteiger partial charge in [-0.2, -0.15) is 0 Å². The van der Waals surface area contributed by atoms with Crippen molar-refractivity contribution in [3.63, 3.8) is 0 Å². The van der Waals surface area contributed by atoms with Crippen LogP contribution in [0.15, 0.2) is 12.3 Å². The number of hydrogen-bond donors (Lipinski definition) is 0. The van der Waals surface area contributed by atoms with Crippen molar-refractivity contribution in [1.82, 2.24) is 4.98 Å². The predicted octanol–water partition coefficient (Wildman–Crippen LogP) is 3.86. The van der Waals surface area contributed by atoms with Crippen molar-refractivity contribution in [2.24, 2.45) is 0 Å². The lowest BCUT2D eigenvalue weighted by Gasteiger charge is -2.10. The lowest BCUT2D eigenvalue weighted by molar-refractivity contribution is 0.231. The summed E-state index contributed by atoms with van der Waals surface area (Å²) in [5.41, 5.74) is 0.969. The molecule has 0 saturated heterocycles. The predicted molar refractivity (Wildman–Crippen MR) is 61.1 cm³/mol. The molecule has 0 fully saturated rings. The van der Waals surface area contributed by atoms with Gasteiger partial charge in [0.25, 0.3) is 0 Å². The molecule has 0 atom stereocenters. The van der Waals surface area contributed by atoms with Crippen LogP contribution in [0.25, 0.3) is 0 Å². The molecule has 0 spiro atoms. The number of rotatable bonds is 2. The van der Waals surface area contributed by atoms with Crippen molar-refractivity contribution in [1.29, 1.82) is 0 Å². The van der Waals surface area contributed by atoms with E-state index in [0.717, 1.165) is 5.56 Å². The molecule has 1 rings (SSSR count). The van der Waals surface area contributed by atoms with Gasteiger partial charge in [-0.05, 0) is 26.8 Å². The van der Waals surface area contributed by atoms with Gasteiger partial charge in [-0.15, -0.1) is 0 Å². The summed E-state index contributed by atoms with van der Waals surface area (Å²) in [5, 5.41) is 0.642. The number of aryl methyl sites for hydroxylation is 1. The number of pyridine rings is 1. The van der Waals surface area contributed by atoms with Gasteiger partial charge in [0, 0.05) is 11.8 Å². The van der Waals surface area contributed by atoms with Gasteiger partial charge < -0.3 is 4.74 Å². The molecule has 0 aliphatic heterocycles. The zero-order valence-corrected chi connectivity index (χ0v) is 10.2. The van der Waals surface area contributed by atoms with E-state index in [4.69, 9.17) is 16.3 Å². The van der Waals surface area contributed by atoms with Crippen molar-refractivity contribution in [2.75, 3.05) is 0 Å². The zero-order chi connectivity index (χ0) is 11.1. The maximum absolute atomic E-state index is 5.74. The Hall–Kier alpha value is -0.760. The number of aromatic nitrogens is 1. The van der Waals surface area contributed by atoms with E-state index < -0.39 is 0 Å². The number of nitrogens with zero attached hydrogens (tertiary/aromatic N) is 1. The Morgan fingerprint density at radius 3 is 2.36 bits per heavy atom. The average Bonchev–Trinajstić information content (AvgIpc) is 2.13. The van der Waals surface area contributed by atoms with Gasteiger partial charge in [0.2, 0.25) is 5.88 Å². The molecule has 1 aromatic heterocycles. The Labute approximate surface area is 91.3 Å². The molecule has 1 aromatic rings. The van der Waals surface area contributed by atoms with Gasteiger partial charge in [-0.1, -0.05) is 25.4 Å². The molecular weight excluding hydrogens is 198 g/mol. The number of ether oxygens (including phenoxy) is 1. The van der Waals surface area contributed by atoms with E-state index in [0.29, 0.717) is 10.9 Å². The Bertz CT molecular complexity index is 274. The van der Waals surface area contributed by atoms with E-state index in [1.54, 1.807) is 6.20 Å². The molecule has 3 heteroatoms. The summed E-state index contributed by atoms with van der Waals surface area (Å²) in [5.74, 6) is 0.661. The number of hydrogen-bond acceptors (Lipinski definition) is 2. The second-order valence-corrected chi connectivity index (χ2v) is 3.38. The minimum absolute atomic E-state index is 0.150. The van der Waals surface area contributed by atoms with Crippen LogP contribution in [-0.4, -0.2) is 11.1 Å². The lowest BCUT2D eigenvalue weighted by Crippen LogP contribution is -2.07. The van der Waals surface area contributed by atoms with Crippen molar-refractivity contribution in [3.05, 3.63) is 22.8 Å². The summed E-state index contributed by atoms with van der Waals surface area (Å²) < 4.78 is 5.43. The first-order chi connectivity index (χ1) is 6.59. The third-order valence-electron chi connectivity index (χ3n) is 1.34. The fraction of sp³-hybridized carbons (Fsp3) is 0.545. The molecule has 0 aliphatic rings. The quantitative estimate of drug-likeness (QED) is 0.748. The summed E-state index contributed by atoms with van der Waals surface area (Å²) in [6, 6.07) is 1.84. The Kier molecular flexibility index (Phi) is 6.30. The third kappa shape index (κ3) is 4.47. The van der Waals surface area contributed by atoms with Crippen LogP contribution >= 0.6 is 11.6 Å². The third-order valence-corrected chi connectivity index (χ3v) is 1.55. The first kappa shape index (κ1) is 13.2. The van der Waals surface area contributed by atoms with Crippen LogP contribution in [0, 0.1) is 6.92 Å². The highest BCUT2D eigenvalue weighted by Gasteiger charge is 2.03. The topological polar surface area (TPSA) is 22.1 Å². The molecule has 0 N–H and O–H groups in total. The summed E-state index contributed by atoms with van der Waals surface area (Å²) in [4.78, 5) is 4.06. The van der Waals surface area contributed by atoms with Gasteiger partial charge in [0.05, 0.1) is 11.1 Å². The standard InChI is InChI=1S/C9H12ClNO.C2H6/c1-6(2)12-9-7(3)4-8(10)5-11-9;1-2/h4-6H,1-3H3;1-2H3. The largest absolute Gasteiger partial charge is 0.475 e. The molecule has 0 aromatic carbocycles. The molecule has 0 amide bonds. The van der Waals surface area contributed by atoms with E-state index in [-0.39, 0.29) is 6.10 Å². The monoisotopic (exact) mass is 215 g/mol. The van der Waals surface area contributed by atoms with E-state index in [9.17, 15) is 0 Å². The second-order valence-electron chi connectivity index (χ2n) is 2.94. The lowest BCUT2D eigenvalue weighted by atomic mass is 10.3. The summed E-state index contributed by atoms with van der Waals surface area (Å²) in [6.07, 6.45) is 1.74. The molecule has 2 nitrogen and oxygen atoms in total. The smallest absolute Gasteiger partial charge is 0.216 e. The Morgan fingerprint density at radius 1 is 1.36 bits per heavy atom. The minimum Gasteiger partial charge on any atom is -0.475 e. The van der Waals surface area contributed by atoms with Crippen LogP contribution in [0.5, 0.6) is 5.88 Å². The minimum atomic E-state index is 0.150. The average molecular weight is 216 g/mol. The molecule has 0 bridgehead atoms. The van der Waals surface area contributed by atoms with Crippen LogP contribution in [0.3, 0.4) is 0 Å². The van der Waals surface area contributed by atoms with Crippen LogP contribution in [0.1, 0.15) is 33.3 Å². The number of halogens is 1. The molecule has 0 aliphatic carbocycles. The summed E-state index contributed by atoms with van der Waals surface area (Å²) in [6.45, 7) is 9.86. The van der Waals surface area contributed by atoms with Gasteiger partial charge in [0.15, 0.2) is 0 Å². The van der Waals surface area contributed by atoms with Crippen LogP contribution < -0.4 is 4.74 Å². The Balaban J connectivity index is 0.000000791. The van der Waals surface area contributed by atoms with Gasteiger partial charge in [-0.3, -0.25) is 0 Å². The molecule has 1 heterocycles. The SMILES string of the molecule is CC.Cc1cc(Cl)cnc1OC(C)C. The fourth-order valence-electron chi connectivity index (χ4n) is 0.875. The van der Waals surface area contributed by atoms with Crippen LogP contribution in [0.4, 0.5) is 0 Å². The molecule has 0 radical (unpaired) electrons. The van der Waals surface area contributed by atoms with Crippen molar-refractivity contribution < 1.29 is 4.74 Å². The normalized spacial score (nSPS) is 9.36. The van der Waals surface area contributed by atoms with Crippen molar-refractivity contribution in [3.8, 4) is 5.88 Å². The van der Waals surface area contributed by atoms with Crippen LogP contribution in [0.2, 0.25) is 5.02 Å². The highest BCUT2D eigenvalue weighted by atomic mass is 35.5. The van der Waals surface area contributed by atoms with E-state index >= 15 is 0 Å². The zero-order valence-electron chi connectivity index (χ0n) is 9.47. The molecule has 0 unspecified atom stereocenters. The van der Waals surface area contributed by atoms with Gasteiger partial charge >= 0.3 is 0 Å².